The highest BCUT2D eigenvalue weighted by Gasteiger charge is 2.44. The standard InChI is InChI=1S/C93H148N34O19S3/c1-5-52(4)74-86(143)116-61(25-15-36-110-93(104)105)79(136)121-67(82(139)114-60(24-14-35-109-92(102)103)78(135)119-65(88(145)146)43-54-44-111-57-21-10-9-19-55(54)57)46-148-39-30-72(130)125-48-124-49-126(50-125)73(131)31-40-149-47-68(83(140)113-58(22-12-33-107-90(98)99)76(133)115-62(80(137)123-74)27-28-70(95)128)122-85(142)69-26-16-37-127(69)87(144)64(41-51(2)3)118-77(134)59(23-13-34-108-91(100)101)112-81(138)63(42-53-17-7-6-8-18-53)117-84(141)66(45-147-38-29-71(124)129)120-75(132)56(94)20-11-32-106-89(96)97/h6-10,17-19,21,44,51-52,56,58-69,74,111H,5,11-16,20,22-43,45-50,94H2,1-4H3,(H2,95,128)(H,112,138)(H,113,140)(H,114,139)(H,115,133)(H,116,143)(H,117,141)(H,118,134)(H,119,135)(H,120,132)(H,121,136)(H,122,142)(H,123,137)(H,145,146)(H4,96,97,106)(H4,98,99,107)(H4,100,101,108)(H4,102,103,109)(H4,104,105,110)/t52-,56-,58-,59-,60-,61-,62-,63-,64-,65-,66-,67-,68-,69-,74-/m0/s1. The molecule has 822 valence electrons. The summed E-state index contributed by atoms with van der Waals surface area (Å²) in [4.78, 5) is 276. The molecular weight excluding hydrogens is 1990 g/mol. The number of hydrogen-bond acceptors (Lipinski definition) is 27. The molecule has 1 aromatic heterocycles. The first kappa shape index (κ1) is 122. The fraction of sp³-hybridized carbons (Fsp3) is 0.602. The molecule has 0 spiro atoms. The van der Waals surface area contributed by atoms with Gasteiger partial charge in [-0.3, -0.25) is 109 Å². The molecule has 7 rings (SSSR count). The number of nitrogens with zero attached hydrogens (tertiary/aromatic N) is 4. The van der Waals surface area contributed by atoms with Crippen molar-refractivity contribution in [1.82, 2.24) is 115 Å². The number of amides is 17. The van der Waals surface area contributed by atoms with Gasteiger partial charge in [-0.2, -0.15) is 35.3 Å². The number of carboxylic acid groups (broad SMARTS) is 1. The molecule has 0 aliphatic carbocycles. The number of primary amides is 1. The summed E-state index contributed by atoms with van der Waals surface area (Å²) in [5.74, 6) is -22.1. The Kier molecular flexibility index (Phi) is 51.3. The molecule has 2 aromatic carbocycles. The minimum absolute atomic E-state index is 0.00703. The summed E-state index contributed by atoms with van der Waals surface area (Å²) in [5.41, 5.74) is 41.9. The molecule has 3 aromatic rings. The second kappa shape index (κ2) is 62.8. The maximum atomic E-state index is 15.5. The summed E-state index contributed by atoms with van der Waals surface area (Å²) < 4.78 is 0. The molecule has 0 unspecified atom stereocenters. The van der Waals surface area contributed by atoms with Crippen molar-refractivity contribution in [2.75, 3.05) is 93.8 Å². The molecule has 5 heterocycles. The van der Waals surface area contributed by atoms with Crippen LogP contribution in [0.15, 0.2) is 60.8 Å². The van der Waals surface area contributed by atoms with E-state index in [1.807, 2.05) is 0 Å². The van der Waals surface area contributed by atoms with Crippen LogP contribution in [0.2, 0.25) is 0 Å². The van der Waals surface area contributed by atoms with E-state index in [1.54, 1.807) is 88.5 Å². The van der Waals surface area contributed by atoms with E-state index in [9.17, 15) is 24.3 Å². The van der Waals surface area contributed by atoms with E-state index in [0.29, 0.717) is 22.0 Å². The number of carbonyl (C=O) groups is 18. The fourth-order valence-electron chi connectivity index (χ4n) is 16.7. The lowest BCUT2D eigenvalue weighted by Crippen LogP contribution is -2.62. The summed E-state index contributed by atoms with van der Waals surface area (Å²) in [6, 6.07) is -6.64. The fourth-order valence-corrected chi connectivity index (χ4v) is 19.5. The highest BCUT2D eigenvalue weighted by atomic mass is 32.2. The highest BCUT2D eigenvalue weighted by molar-refractivity contribution is 7.99. The van der Waals surface area contributed by atoms with Crippen molar-refractivity contribution >= 4 is 182 Å². The molecule has 0 saturated carbocycles. The maximum absolute atomic E-state index is 15.5. The van der Waals surface area contributed by atoms with Crippen LogP contribution in [0.25, 0.3) is 10.9 Å². The van der Waals surface area contributed by atoms with E-state index in [-0.39, 0.29) is 183 Å². The summed E-state index contributed by atoms with van der Waals surface area (Å²) in [6.45, 7) is 5.27. The Hall–Kier alpha value is -14.2. The minimum Gasteiger partial charge on any atom is -0.480 e. The second-order valence-corrected chi connectivity index (χ2v) is 40.6. The Morgan fingerprint density at radius 3 is 1.48 bits per heavy atom. The topological polar surface area (TPSA) is 862 Å². The third-order valence-corrected chi connectivity index (χ3v) is 28.1. The lowest BCUT2D eigenvalue weighted by molar-refractivity contribution is -0.158. The number of thioether (sulfide) groups is 3. The van der Waals surface area contributed by atoms with Crippen LogP contribution in [0.5, 0.6) is 0 Å². The van der Waals surface area contributed by atoms with Crippen LogP contribution in [0.4, 0.5) is 0 Å². The van der Waals surface area contributed by atoms with E-state index in [0.717, 1.165) is 35.3 Å². The third kappa shape index (κ3) is 42.2. The van der Waals surface area contributed by atoms with Gasteiger partial charge in [0, 0.05) is 129 Å². The molecule has 15 atom stereocenters. The molecule has 38 N–H and O–H groups in total. The Morgan fingerprint density at radius 1 is 0.490 bits per heavy atom. The van der Waals surface area contributed by atoms with Gasteiger partial charge < -0.3 is 160 Å². The van der Waals surface area contributed by atoms with Gasteiger partial charge in [-0.1, -0.05) is 82.6 Å². The minimum atomic E-state index is -1.78. The van der Waals surface area contributed by atoms with Crippen LogP contribution in [-0.2, 0) is 99.1 Å². The van der Waals surface area contributed by atoms with Crippen LogP contribution in [0, 0.1) is 38.9 Å². The van der Waals surface area contributed by atoms with Crippen molar-refractivity contribution in [1.29, 1.82) is 27.0 Å². The van der Waals surface area contributed by atoms with Crippen molar-refractivity contribution in [2.45, 2.75) is 247 Å². The Labute approximate surface area is 875 Å². The SMILES string of the molecule is CC[C@H](C)[C@@H]1NC(=O)[C@H](CCC(N)=O)NC(=O)[C@H](CCCNC(=N)N)NC(=O)[C@@H]2CSCCC(=O)N3CN(CN(C3)C(=O)CCSC[C@H](NC(=O)[C@@H](N)CCCNC(=N)N)C(=O)N[C@@H](Cc3ccccc3)C(=O)N[C@@H](CCCNC(=N)N)C(=O)N[C@@H](CC(C)C)C(=O)N3CCC[C@H]3C(=O)N2)C(=O)CCSC[C@@H](C(=O)N[C@@H](CCCNC(=N)N)C(=O)N[C@@H](Cc2c[nH]c3ccccc23)C(=O)O)NC(=O)[C@H](CCCNC(=N)N)NC1=O. The van der Waals surface area contributed by atoms with Gasteiger partial charge >= 0.3 is 5.97 Å². The van der Waals surface area contributed by atoms with E-state index in [2.05, 4.69) is 95.4 Å². The van der Waals surface area contributed by atoms with Crippen LogP contribution >= 0.6 is 35.3 Å². The molecule has 4 saturated heterocycles. The van der Waals surface area contributed by atoms with E-state index < -0.39 is 278 Å². The zero-order chi connectivity index (χ0) is 110. The third-order valence-electron chi connectivity index (χ3n) is 24.9. The van der Waals surface area contributed by atoms with Gasteiger partial charge in [-0.25, -0.2) is 4.79 Å². The van der Waals surface area contributed by atoms with Gasteiger partial charge in [0.1, 0.15) is 78.5 Å². The summed E-state index contributed by atoms with van der Waals surface area (Å²) in [5, 5.41) is 95.8. The monoisotopic (exact) mass is 2140 g/mol. The predicted molar refractivity (Wildman–Crippen MR) is 560 cm³/mol. The quantitative estimate of drug-likeness (QED) is 0.0144. The molecule has 4 bridgehead atoms. The lowest BCUT2D eigenvalue weighted by Gasteiger charge is -2.42. The Bertz CT molecular complexity index is 5160. The number of carboxylic acids is 1. The molecular formula is C93H148N34O19S3. The van der Waals surface area contributed by atoms with Crippen LogP contribution in [-0.4, -0.2) is 344 Å². The molecule has 4 fully saturated rings. The first-order valence-electron chi connectivity index (χ1n) is 49.7. The number of carbonyl (C=O) groups excluding carboxylic acids is 17. The van der Waals surface area contributed by atoms with Gasteiger partial charge in [-0.05, 0) is 119 Å². The number of aromatic nitrogens is 1. The number of benzene rings is 2. The molecule has 4 aliphatic heterocycles. The largest absolute Gasteiger partial charge is 0.480 e. The number of aromatic amines is 1. The summed E-state index contributed by atoms with van der Waals surface area (Å²) in [6.07, 6.45) is -1.77. The second-order valence-electron chi connectivity index (χ2n) is 37.2. The average Bonchev–Trinajstić information content (AvgIpc) is 1.80. The van der Waals surface area contributed by atoms with Gasteiger partial charge in [0.2, 0.25) is 100 Å². The van der Waals surface area contributed by atoms with Gasteiger partial charge in [0.15, 0.2) is 29.8 Å². The first-order valence-corrected chi connectivity index (χ1v) is 53.1. The van der Waals surface area contributed by atoms with E-state index >= 15 is 67.1 Å². The van der Waals surface area contributed by atoms with Crippen molar-refractivity contribution in [2.24, 2.45) is 52.0 Å². The number of nitrogens with one attached hydrogen (secondary N) is 23. The molecule has 4 aliphatic rings. The van der Waals surface area contributed by atoms with Crippen molar-refractivity contribution in [3.63, 3.8) is 0 Å². The average molecular weight is 2140 g/mol. The normalized spacial score (nSPS) is 22.5. The van der Waals surface area contributed by atoms with E-state index in [4.69, 9.17) is 67.2 Å². The highest BCUT2D eigenvalue weighted by Crippen LogP contribution is 2.26. The number of nitrogens with two attached hydrogens (primary N) is 7. The number of rotatable bonds is 38. The number of para-hydroxylation sites is 1. The molecule has 17 amide bonds. The van der Waals surface area contributed by atoms with Crippen molar-refractivity contribution in [3.05, 3.63) is 71.9 Å². The predicted octanol–water partition coefficient (Wildman–Crippen LogP) is -6.38. The number of aliphatic carboxylic acids is 1. The van der Waals surface area contributed by atoms with Gasteiger partial charge in [0.25, 0.3) is 0 Å². The number of hydrogen-bond donors (Lipinski definition) is 31. The molecule has 56 heteroatoms. The zero-order valence-corrected chi connectivity index (χ0v) is 86.8. The number of guanidine groups is 5. The summed E-state index contributed by atoms with van der Waals surface area (Å²) >= 11 is 2.86. The zero-order valence-electron chi connectivity index (χ0n) is 84.3. The smallest absolute Gasteiger partial charge is 0.326 e. The lowest BCUT2D eigenvalue weighted by atomic mass is 9.96. The molecule has 149 heavy (non-hydrogen) atoms. The number of fused-ring (bicyclic) bond motifs is 9. The van der Waals surface area contributed by atoms with Crippen LogP contribution < -0.4 is 131 Å². The van der Waals surface area contributed by atoms with E-state index in [1.165, 1.54) is 19.6 Å². The molecule has 53 nitrogen and oxygen atoms in total. The Balaban J connectivity index is 1.38. The van der Waals surface area contributed by atoms with Gasteiger partial charge in [0.05, 0.1) is 26.0 Å². The maximum Gasteiger partial charge on any atom is 0.326 e. The van der Waals surface area contributed by atoms with Crippen LogP contribution in [0.3, 0.4) is 0 Å². The Morgan fingerprint density at radius 2 is 0.953 bits per heavy atom. The van der Waals surface area contributed by atoms with Crippen molar-refractivity contribution in [3.8, 4) is 0 Å². The van der Waals surface area contributed by atoms with Crippen molar-refractivity contribution < 1.29 is 91.4 Å². The first-order chi connectivity index (χ1) is 70.9. The number of H-pyrrole nitrogens is 1. The van der Waals surface area contributed by atoms with Gasteiger partial charge in [-0.15, -0.1) is 0 Å². The van der Waals surface area contributed by atoms with Crippen LogP contribution in [0.1, 0.15) is 161 Å². The summed E-state index contributed by atoms with van der Waals surface area (Å²) in [7, 11) is 0. The molecule has 0 radical (unpaired) electrons.